The van der Waals surface area contributed by atoms with Crippen LogP contribution in [0.4, 0.5) is 0 Å². The Morgan fingerprint density at radius 1 is 1.12 bits per heavy atom. The fourth-order valence-corrected chi connectivity index (χ4v) is 3.50. The van der Waals surface area contributed by atoms with Crippen molar-refractivity contribution in [2.45, 2.75) is 31.5 Å². The first kappa shape index (κ1) is 15.9. The second-order valence-corrected chi connectivity index (χ2v) is 6.61. The third kappa shape index (κ3) is 3.05. The number of aromatic nitrogens is 1. The second kappa shape index (κ2) is 6.37. The number of hydrogen-bond donors (Lipinski definition) is 1. The van der Waals surface area contributed by atoms with Crippen molar-refractivity contribution in [1.29, 1.82) is 0 Å². The molecule has 4 rings (SSSR count). The molecule has 3 heterocycles. The average Bonchev–Trinajstić information content (AvgIpc) is 2.63. The number of carbonyl (C=O) groups is 1. The molecular formula is C19H20N2O4. The lowest BCUT2D eigenvalue weighted by Gasteiger charge is -2.42. The van der Waals surface area contributed by atoms with Crippen molar-refractivity contribution < 1.29 is 14.3 Å². The summed E-state index contributed by atoms with van der Waals surface area (Å²) in [4.78, 5) is 25.0. The smallest absolute Gasteiger partial charge is 0.272 e. The molecular weight excluding hydrogens is 320 g/mol. The number of nitrogens with zero attached hydrogens (tertiary/aromatic N) is 1. The Balaban J connectivity index is 1.65. The molecule has 0 aliphatic carbocycles. The lowest BCUT2D eigenvalue weighted by atomic mass is 9.87. The maximum Gasteiger partial charge on any atom is 0.272 e. The Morgan fingerprint density at radius 2 is 1.88 bits per heavy atom. The predicted octanol–water partition coefficient (Wildman–Crippen LogP) is 1.72. The minimum Gasteiger partial charge on any atom is -0.483 e. The van der Waals surface area contributed by atoms with E-state index in [2.05, 4.69) is 5.32 Å². The van der Waals surface area contributed by atoms with Gasteiger partial charge in [-0.3, -0.25) is 9.59 Å². The molecule has 0 bridgehead atoms. The summed E-state index contributed by atoms with van der Waals surface area (Å²) >= 11 is 0. The van der Waals surface area contributed by atoms with Crippen molar-refractivity contribution in [3.63, 3.8) is 0 Å². The van der Waals surface area contributed by atoms with Crippen molar-refractivity contribution in [3.05, 3.63) is 64.1 Å². The molecule has 1 aromatic heterocycles. The van der Waals surface area contributed by atoms with Gasteiger partial charge in [0.1, 0.15) is 6.61 Å². The maximum atomic E-state index is 12.8. The van der Waals surface area contributed by atoms with E-state index >= 15 is 0 Å². The molecule has 2 aliphatic heterocycles. The lowest BCUT2D eigenvalue weighted by molar-refractivity contribution is 0.0238. The van der Waals surface area contributed by atoms with Gasteiger partial charge in [0.25, 0.3) is 5.91 Å². The number of ether oxygens (including phenoxy) is 2. The molecule has 1 aromatic carbocycles. The first-order valence-corrected chi connectivity index (χ1v) is 8.47. The molecule has 2 aromatic rings. The van der Waals surface area contributed by atoms with Crippen LogP contribution in [0.3, 0.4) is 0 Å². The number of carbonyl (C=O) groups excluding carboxylic acids is 1. The third-order valence-electron chi connectivity index (χ3n) is 4.87. The summed E-state index contributed by atoms with van der Waals surface area (Å²) < 4.78 is 13.0. The summed E-state index contributed by atoms with van der Waals surface area (Å²) in [7, 11) is 0. The molecule has 6 heteroatoms. The van der Waals surface area contributed by atoms with E-state index in [9.17, 15) is 9.59 Å². The van der Waals surface area contributed by atoms with Gasteiger partial charge < -0.3 is 19.4 Å². The third-order valence-corrected chi connectivity index (χ3v) is 4.87. The van der Waals surface area contributed by atoms with Crippen LogP contribution in [0, 0.1) is 0 Å². The molecule has 1 N–H and O–H groups in total. The van der Waals surface area contributed by atoms with Crippen molar-refractivity contribution >= 4 is 5.91 Å². The van der Waals surface area contributed by atoms with Gasteiger partial charge in [-0.05, 0) is 18.4 Å². The number of benzene rings is 1. The molecule has 1 saturated heterocycles. The highest BCUT2D eigenvalue weighted by molar-refractivity contribution is 5.96. The second-order valence-electron chi connectivity index (χ2n) is 6.61. The minimum absolute atomic E-state index is 0.116. The maximum absolute atomic E-state index is 12.8. The lowest BCUT2D eigenvalue weighted by Crippen LogP contribution is -2.58. The van der Waals surface area contributed by atoms with Crippen LogP contribution in [-0.2, 0) is 17.9 Å². The number of nitrogens with one attached hydrogen (secondary N) is 1. The number of amides is 1. The normalized spacial score (nSPS) is 18.5. The fourth-order valence-electron chi connectivity index (χ4n) is 3.50. The molecule has 2 aliphatic rings. The van der Waals surface area contributed by atoms with Gasteiger partial charge in [-0.1, -0.05) is 30.3 Å². The molecule has 0 saturated carbocycles. The van der Waals surface area contributed by atoms with E-state index in [4.69, 9.17) is 9.47 Å². The zero-order valence-corrected chi connectivity index (χ0v) is 13.9. The van der Waals surface area contributed by atoms with Gasteiger partial charge in [0, 0.05) is 32.0 Å². The van der Waals surface area contributed by atoms with Crippen LogP contribution in [-0.4, -0.2) is 29.2 Å². The van der Waals surface area contributed by atoms with Crippen molar-refractivity contribution in [3.8, 4) is 5.75 Å². The van der Waals surface area contributed by atoms with Gasteiger partial charge >= 0.3 is 0 Å². The van der Waals surface area contributed by atoms with Gasteiger partial charge in [0.05, 0.1) is 5.54 Å². The summed E-state index contributed by atoms with van der Waals surface area (Å²) in [6, 6.07) is 11.1. The van der Waals surface area contributed by atoms with E-state index in [1.54, 1.807) is 6.20 Å². The highest BCUT2D eigenvalue weighted by Crippen LogP contribution is 2.29. The standard InChI is InChI=1S/C19H20N2O4/c22-15-6-9-21-13-19(7-10-24-11-8-19)20-18(23)16(21)17(15)25-12-14-4-2-1-3-5-14/h1-6,9H,7-8,10-13H2,(H,20,23). The summed E-state index contributed by atoms with van der Waals surface area (Å²) in [5.74, 6) is -0.139. The van der Waals surface area contributed by atoms with Gasteiger partial charge in [-0.15, -0.1) is 0 Å². The fraction of sp³-hybridized carbons (Fsp3) is 0.368. The van der Waals surface area contributed by atoms with Crippen molar-refractivity contribution in [2.75, 3.05) is 13.2 Å². The Labute approximate surface area is 145 Å². The number of pyridine rings is 1. The average molecular weight is 340 g/mol. The molecule has 0 radical (unpaired) electrons. The minimum atomic E-state index is -0.298. The largest absolute Gasteiger partial charge is 0.483 e. The van der Waals surface area contributed by atoms with Gasteiger partial charge in [-0.25, -0.2) is 0 Å². The van der Waals surface area contributed by atoms with E-state index in [1.807, 2.05) is 34.9 Å². The van der Waals surface area contributed by atoms with E-state index < -0.39 is 0 Å². The molecule has 130 valence electrons. The molecule has 0 unspecified atom stereocenters. The van der Waals surface area contributed by atoms with E-state index in [0.29, 0.717) is 25.5 Å². The summed E-state index contributed by atoms with van der Waals surface area (Å²) in [5, 5.41) is 3.10. The molecule has 1 fully saturated rings. The zero-order valence-electron chi connectivity index (χ0n) is 13.9. The number of hydrogen-bond acceptors (Lipinski definition) is 4. The molecule has 6 nitrogen and oxygen atoms in total. The quantitative estimate of drug-likeness (QED) is 0.924. The first-order valence-electron chi connectivity index (χ1n) is 8.47. The Hall–Kier alpha value is -2.60. The zero-order chi connectivity index (χ0) is 17.3. The Kier molecular flexibility index (Phi) is 4.05. The topological polar surface area (TPSA) is 69.6 Å². The predicted molar refractivity (Wildman–Crippen MR) is 91.7 cm³/mol. The van der Waals surface area contributed by atoms with E-state index in [-0.39, 0.29) is 29.2 Å². The Morgan fingerprint density at radius 3 is 2.64 bits per heavy atom. The molecule has 25 heavy (non-hydrogen) atoms. The summed E-state index contributed by atoms with van der Waals surface area (Å²) in [6.45, 7) is 2.14. The van der Waals surface area contributed by atoms with Gasteiger partial charge in [0.15, 0.2) is 11.4 Å². The van der Waals surface area contributed by atoms with Crippen molar-refractivity contribution in [1.82, 2.24) is 9.88 Å². The van der Waals surface area contributed by atoms with E-state index in [1.165, 1.54) is 6.07 Å². The van der Waals surface area contributed by atoms with Crippen LogP contribution in [0.25, 0.3) is 0 Å². The van der Waals surface area contributed by atoms with Crippen LogP contribution in [0.5, 0.6) is 5.75 Å². The first-order chi connectivity index (χ1) is 12.2. The Bertz CT molecular complexity index is 838. The number of fused-ring (bicyclic) bond motifs is 1. The monoisotopic (exact) mass is 340 g/mol. The molecule has 1 spiro atoms. The van der Waals surface area contributed by atoms with E-state index in [0.717, 1.165) is 18.4 Å². The molecule has 1 amide bonds. The highest BCUT2D eigenvalue weighted by atomic mass is 16.5. The molecule has 0 atom stereocenters. The summed E-state index contributed by atoms with van der Waals surface area (Å²) in [6.07, 6.45) is 3.22. The van der Waals surface area contributed by atoms with Gasteiger partial charge in [0.2, 0.25) is 5.43 Å². The summed E-state index contributed by atoms with van der Waals surface area (Å²) in [5.41, 5.74) is 0.677. The van der Waals surface area contributed by atoms with Crippen LogP contribution in [0.1, 0.15) is 28.9 Å². The van der Waals surface area contributed by atoms with Crippen molar-refractivity contribution in [2.24, 2.45) is 0 Å². The van der Waals surface area contributed by atoms with Crippen LogP contribution in [0.15, 0.2) is 47.4 Å². The number of rotatable bonds is 3. The van der Waals surface area contributed by atoms with Crippen LogP contribution < -0.4 is 15.5 Å². The van der Waals surface area contributed by atoms with Gasteiger partial charge in [-0.2, -0.15) is 0 Å². The van der Waals surface area contributed by atoms with Crippen LogP contribution in [0.2, 0.25) is 0 Å². The highest BCUT2D eigenvalue weighted by Gasteiger charge is 2.40. The van der Waals surface area contributed by atoms with Crippen LogP contribution >= 0.6 is 0 Å². The SMILES string of the molecule is O=C1NC2(CCOCC2)Cn2ccc(=O)c(OCc3ccccc3)c21.